The predicted octanol–water partition coefficient (Wildman–Crippen LogP) is 1.04. The molecule has 1 saturated carbocycles. The molecule has 2 heteroatoms. The Bertz CT molecular complexity index is 103. The summed E-state index contributed by atoms with van der Waals surface area (Å²) in [5, 5.41) is 0. The van der Waals surface area contributed by atoms with Crippen molar-refractivity contribution in [3.63, 3.8) is 0 Å². The van der Waals surface area contributed by atoms with E-state index in [-0.39, 0.29) is 0 Å². The van der Waals surface area contributed by atoms with Crippen LogP contribution in [0.4, 0.5) is 0 Å². The van der Waals surface area contributed by atoms with Crippen molar-refractivity contribution in [2.24, 2.45) is 5.92 Å². The first-order valence-electron chi connectivity index (χ1n) is 4.25. The van der Waals surface area contributed by atoms with Crippen LogP contribution >= 0.6 is 0 Å². The van der Waals surface area contributed by atoms with Crippen LogP contribution in [0, 0.1) is 5.92 Å². The number of rotatable bonds is 1. The fourth-order valence-corrected chi connectivity index (χ4v) is 3.64. The van der Waals surface area contributed by atoms with Crippen molar-refractivity contribution in [3.8, 4) is 0 Å². The van der Waals surface area contributed by atoms with Crippen molar-refractivity contribution in [1.29, 1.82) is 0 Å². The number of hydrogen-bond acceptors (Lipinski definition) is 0. The summed E-state index contributed by atoms with van der Waals surface area (Å²) < 4.78 is 2.15. The van der Waals surface area contributed by atoms with Crippen LogP contribution in [0.5, 0.6) is 0 Å². The van der Waals surface area contributed by atoms with E-state index in [0.717, 1.165) is 15.3 Å². The second-order valence-electron chi connectivity index (χ2n) is 3.42. The molecular weight excluding hydrogens is 246 g/mol. The van der Waals surface area contributed by atoms with Gasteiger partial charge in [0.25, 0.3) is 0 Å². The third-order valence-electron chi connectivity index (χ3n) is 2.64. The van der Waals surface area contributed by atoms with E-state index < -0.39 is 0 Å². The van der Waals surface area contributed by atoms with Gasteiger partial charge >= 0.3 is 81.6 Å². The summed E-state index contributed by atoms with van der Waals surface area (Å²) in [4.78, 5) is 0. The van der Waals surface area contributed by atoms with Gasteiger partial charge in [0.15, 0.2) is 0 Å². The molecule has 0 amide bonds. The Labute approximate surface area is 81.5 Å². The monoisotopic (exact) mass is 264 g/mol. The van der Waals surface area contributed by atoms with Crippen LogP contribution in [0.25, 0.3) is 0 Å². The summed E-state index contributed by atoms with van der Waals surface area (Å²) >= 11 is 3.96. The third-order valence-corrected chi connectivity index (χ3v) is 7.94. The molecule has 0 aliphatic heterocycles. The molecule has 10 heavy (non-hydrogen) atoms. The van der Waals surface area contributed by atoms with Gasteiger partial charge in [-0.1, -0.05) is 0 Å². The Morgan fingerprint density at radius 3 is 2.40 bits per heavy atom. The van der Waals surface area contributed by atoms with Gasteiger partial charge in [0.1, 0.15) is 0 Å². The molecule has 0 bridgehead atoms. The molecule has 0 aromatic heterocycles. The first-order valence-corrected chi connectivity index (χ1v) is 7.05. The van der Waals surface area contributed by atoms with E-state index in [2.05, 4.69) is 6.92 Å². The zero-order valence-electron chi connectivity index (χ0n) is 6.72. The van der Waals surface area contributed by atoms with Gasteiger partial charge in [-0.05, 0) is 0 Å². The molecule has 1 rings (SSSR count). The van der Waals surface area contributed by atoms with Gasteiger partial charge in [0.05, 0.1) is 0 Å². The first kappa shape index (κ1) is 9.21. The molecule has 0 spiro atoms. The maximum absolute atomic E-state index is 2.34. The van der Waals surface area contributed by atoms with Crippen LogP contribution in [0.3, 0.4) is 0 Å². The second kappa shape index (κ2) is 4.22. The van der Waals surface area contributed by atoms with Crippen LogP contribution in [0.1, 0.15) is 32.6 Å². The summed E-state index contributed by atoms with van der Waals surface area (Å²) in [6, 6.07) is 0. The van der Waals surface area contributed by atoms with E-state index in [0.29, 0.717) is 0 Å². The van der Waals surface area contributed by atoms with Crippen LogP contribution < -0.4 is 0 Å². The molecule has 1 fully saturated rings. The van der Waals surface area contributed by atoms with Crippen LogP contribution in [0.2, 0.25) is 9.41 Å². The summed E-state index contributed by atoms with van der Waals surface area (Å²) in [6.45, 7) is 2.34. The topological polar surface area (TPSA) is 0 Å². The van der Waals surface area contributed by atoms with Crippen molar-refractivity contribution in [3.05, 3.63) is 0 Å². The van der Waals surface area contributed by atoms with Gasteiger partial charge in [-0.25, -0.2) is 0 Å². The molecule has 0 radical (unpaired) electrons. The van der Waals surface area contributed by atoms with E-state index in [4.69, 9.17) is 0 Å². The Balaban J connectivity index is 2.33. The van der Waals surface area contributed by atoms with Crippen LogP contribution in [0.15, 0.2) is 0 Å². The van der Waals surface area contributed by atoms with E-state index in [1.807, 2.05) is 33.7 Å². The minimum absolute atomic E-state index is 1.07. The van der Waals surface area contributed by atoms with Crippen molar-refractivity contribution in [2.75, 3.05) is 0 Å². The number of hydrogen-bond donors (Lipinski definition) is 0. The van der Waals surface area contributed by atoms with E-state index >= 15 is 0 Å². The summed E-state index contributed by atoms with van der Waals surface area (Å²) in [5.41, 5.74) is 0. The Morgan fingerprint density at radius 2 is 1.90 bits per heavy atom. The molecular formula is C8H18As2. The minimum atomic E-state index is 1.07. The fraction of sp³-hybridized carbons (Fsp3) is 1.00. The maximum atomic E-state index is 2.34. The predicted molar refractivity (Wildman–Crippen MR) is 52.2 cm³/mol. The third kappa shape index (κ3) is 2.31. The van der Waals surface area contributed by atoms with Crippen LogP contribution in [-0.4, -0.2) is 33.7 Å². The van der Waals surface area contributed by atoms with E-state index in [1.54, 1.807) is 0 Å². The van der Waals surface area contributed by atoms with Gasteiger partial charge in [-0.3, -0.25) is 0 Å². The Kier molecular flexibility index (Phi) is 3.88. The van der Waals surface area contributed by atoms with E-state index in [1.165, 1.54) is 25.7 Å². The summed E-state index contributed by atoms with van der Waals surface area (Å²) in [5.74, 6) is 1.07. The molecule has 0 saturated heterocycles. The standard InChI is InChI=1S/C8H18As2/c1-2-6-3-4-7(9)8(10)5-6/h6-8H,2-5,9-10H2,1H3. The quantitative estimate of drug-likeness (QED) is 0.621. The van der Waals surface area contributed by atoms with Crippen LogP contribution in [-0.2, 0) is 0 Å². The van der Waals surface area contributed by atoms with Gasteiger partial charge in [-0.15, -0.1) is 0 Å². The SMILES string of the molecule is CCC1CCC([AsH2])C([AsH2])C1. The average Bonchev–Trinajstić information content (AvgIpc) is 1.95. The molecule has 0 aromatic carbocycles. The molecule has 1 aliphatic carbocycles. The Morgan fingerprint density at radius 1 is 1.20 bits per heavy atom. The summed E-state index contributed by atoms with van der Waals surface area (Å²) in [6.07, 6.45) is 5.97. The molecule has 0 aromatic rings. The van der Waals surface area contributed by atoms with Gasteiger partial charge in [0, 0.05) is 0 Å². The Hall–Kier alpha value is 1.12. The van der Waals surface area contributed by atoms with Crippen molar-refractivity contribution in [1.82, 2.24) is 0 Å². The second-order valence-corrected chi connectivity index (χ2v) is 7.01. The zero-order chi connectivity index (χ0) is 7.56. The molecule has 5 atom stereocenters. The molecule has 60 valence electrons. The van der Waals surface area contributed by atoms with Gasteiger partial charge < -0.3 is 0 Å². The van der Waals surface area contributed by atoms with Gasteiger partial charge in [-0.2, -0.15) is 0 Å². The summed E-state index contributed by atoms with van der Waals surface area (Å²) in [7, 11) is 0. The van der Waals surface area contributed by atoms with Crippen molar-refractivity contribution < 1.29 is 0 Å². The molecule has 0 nitrogen and oxygen atoms in total. The average molecular weight is 264 g/mol. The molecule has 5 unspecified atom stereocenters. The van der Waals surface area contributed by atoms with Crippen molar-refractivity contribution in [2.45, 2.75) is 42.0 Å². The molecule has 0 heterocycles. The van der Waals surface area contributed by atoms with Gasteiger partial charge in [0.2, 0.25) is 0 Å². The zero-order valence-corrected chi connectivity index (χ0v) is 11.6. The first-order chi connectivity index (χ1) is 4.74. The van der Waals surface area contributed by atoms with Crippen molar-refractivity contribution >= 4 is 33.7 Å². The van der Waals surface area contributed by atoms with E-state index in [9.17, 15) is 0 Å². The molecule has 1 aliphatic rings. The normalized spacial score (nSPS) is 41.7. The molecule has 0 N–H and O–H groups in total. The fourth-order valence-electron chi connectivity index (χ4n) is 1.69.